The number of aromatic nitrogens is 3. The number of amides is 1. The van der Waals surface area contributed by atoms with Gasteiger partial charge in [0.25, 0.3) is 0 Å². The minimum Gasteiger partial charge on any atom is -0.325 e. The number of aryl methyl sites for hydroxylation is 2. The number of hydrogen-bond donors (Lipinski definition) is 2. The summed E-state index contributed by atoms with van der Waals surface area (Å²) in [6, 6.07) is 13.4. The fourth-order valence-electron chi connectivity index (χ4n) is 3.13. The van der Waals surface area contributed by atoms with Crippen molar-refractivity contribution in [3.05, 3.63) is 70.0 Å². The summed E-state index contributed by atoms with van der Waals surface area (Å²) in [5, 5.41) is 12.2. The molecule has 28 heavy (non-hydrogen) atoms. The van der Waals surface area contributed by atoms with Crippen LogP contribution in [0.2, 0.25) is 5.02 Å². The van der Waals surface area contributed by atoms with Crippen molar-refractivity contribution in [3.8, 4) is 0 Å². The average Bonchev–Trinajstić information content (AvgIpc) is 3.05. The minimum atomic E-state index is -0.419. The zero-order valence-electron chi connectivity index (χ0n) is 15.7. The van der Waals surface area contributed by atoms with Crippen molar-refractivity contribution >= 4 is 35.0 Å². The molecular weight excluding hydrogens is 394 g/mol. The molecule has 0 radical (unpaired) electrons. The van der Waals surface area contributed by atoms with Crippen LogP contribution in [-0.4, -0.2) is 26.0 Å². The van der Waals surface area contributed by atoms with Crippen LogP contribution in [-0.2, 0) is 4.79 Å². The first-order valence-corrected chi connectivity index (χ1v) is 10.2. The lowest BCUT2D eigenvalue weighted by atomic mass is 10.0. The highest BCUT2D eigenvalue weighted by molar-refractivity contribution is 8.00. The number of halogens is 1. The van der Waals surface area contributed by atoms with E-state index in [1.165, 1.54) is 17.3 Å². The number of nitrogens with zero attached hydrogens (tertiary/aromatic N) is 3. The van der Waals surface area contributed by atoms with Crippen LogP contribution in [0.25, 0.3) is 0 Å². The standard InChI is InChI=1S/C20H20ClN5OS/c1-11-7-9-14(10-8-11)17-18(28-20-24-23-13(3)26(20)25-17)19(27)22-16-6-4-5-15(21)12(16)2/h4-10,17-18,25H,1-3H3,(H,22,27). The van der Waals surface area contributed by atoms with Gasteiger partial charge in [-0.25, -0.2) is 4.68 Å². The van der Waals surface area contributed by atoms with Crippen molar-refractivity contribution in [1.29, 1.82) is 0 Å². The third kappa shape index (κ3) is 3.47. The van der Waals surface area contributed by atoms with E-state index in [4.69, 9.17) is 11.6 Å². The molecule has 2 N–H and O–H groups in total. The monoisotopic (exact) mass is 413 g/mol. The fourth-order valence-corrected chi connectivity index (χ4v) is 4.43. The van der Waals surface area contributed by atoms with E-state index < -0.39 is 5.25 Å². The third-order valence-corrected chi connectivity index (χ3v) is 6.44. The highest BCUT2D eigenvalue weighted by atomic mass is 35.5. The summed E-state index contributed by atoms with van der Waals surface area (Å²) in [4.78, 5) is 13.2. The molecule has 1 aliphatic rings. The molecule has 1 aromatic heterocycles. The first-order valence-electron chi connectivity index (χ1n) is 8.92. The van der Waals surface area contributed by atoms with Crippen LogP contribution in [0.15, 0.2) is 47.6 Å². The van der Waals surface area contributed by atoms with Crippen LogP contribution in [0.4, 0.5) is 5.69 Å². The number of carbonyl (C=O) groups excluding carboxylic acids is 1. The predicted octanol–water partition coefficient (Wildman–Crippen LogP) is 4.25. The van der Waals surface area contributed by atoms with Gasteiger partial charge in [0.2, 0.25) is 11.1 Å². The van der Waals surface area contributed by atoms with Crippen LogP contribution in [0, 0.1) is 20.8 Å². The topological polar surface area (TPSA) is 71.8 Å². The number of carbonyl (C=O) groups is 1. The van der Waals surface area contributed by atoms with Crippen LogP contribution in [0.3, 0.4) is 0 Å². The Bertz CT molecular complexity index is 1030. The first kappa shape index (κ1) is 18.8. The Labute approximate surface area is 172 Å². The van der Waals surface area contributed by atoms with Gasteiger partial charge in [0.05, 0.1) is 6.04 Å². The zero-order chi connectivity index (χ0) is 19.8. The van der Waals surface area contributed by atoms with Gasteiger partial charge < -0.3 is 10.7 Å². The molecular formula is C20H20ClN5OS. The largest absolute Gasteiger partial charge is 0.325 e. The molecule has 8 heteroatoms. The number of nitrogens with one attached hydrogen (secondary N) is 2. The first-order chi connectivity index (χ1) is 13.4. The molecule has 4 rings (SSSR count). The van der Waals surface area contributed by atoms with E-state index >= 15 is 0 Å². The molecule has 0 fully saturated rings. The molecule has 2 aromatic carbocycles. The second kappa shape index (κ2) is 7.48. The molecule has 0 saturated carbocycles. The summed E-state index contributed by atoms with van der Waals surface area (Å²) in [6.45, 7) is 5.81. The van der Waals surface area contributed by atoms with Gasteiger partial charge in [-0.2, -0.15) is 0 Å². The maximum atomic E-state index is 13.2. The van der Waals surface area contributed by atoms with Crippen molar-refractivity contribution in [2.75, 3.05) is 10.7 Å². The van der Waals surface area contributed by atoms with Crippen molar-refractivity contribution in [2.24, 2.45) is 0 Å². The Morgan fingerprint density at radius 3 is 2.64 bits per heavy atom. The zero-order valence-corrected chi connectivity index (χ0v) is 17.3. The maximum absolute atomic E-state index is 13.2. The van der Waals surface area contributed by atoms with Crippen LogP contribution < -0.4 is 10.7 Å². The third-order valence-electron chi connectivity index (χ3n) is 4.82. The van der Waals surface area contributed by atoms with Gasteiger partial charge in [-0.05, 0) is 44.0 Å². The number of rotatable bonds is 3. The number of thioether (sulfide) groups is 1. The summed E-state index contributed by atoms with van der Waals surface area (Å²) >= 11 is 7.61. The summed E-state index contributed by atoms with van der Waals surface area (Å²) in [5.74, 6) is 0.643. The molecule has 2 unspecified atom stereocenters. The van der Waals surface area contributed by atoms with Crippen LogP contribution in [0.1, 0.15) is 28.6 Å². The molecule has 1 amide bonds. The highest BCUT2D eigenvalue weighted by Gasteiger charge is 2.37. The van der Waals surface area contributed by atoms with Crippen molar-refractivity contribution in [2.45, 2.75) is 37.2 Å². The van der Waals surface area contributed by atoms with E-state index in [1.54, 1.807) is 0 Å². The van der Waals surface area contributed by atoms with Gasteiger partial charge in [0, 0.05) is 10.7 Å². The normalized spacial score (nSPS) is 18.3. The number of hydrogen-bond acceptors (Lipinski definition) is 5. The number of fused-ring (bicyclic) bond motifs is 1. The Morgan fingerprint density at radius 1 is 1.14 bits per heavy atom. The van der Waals surface area contributed by atoms with Crippen molar-refractivity contribution in [1.82, 2.24) is 14.9 Å². The molecule has 2 atom stereocenters. The minimum absolute atomic E-state index is 0.111. The molecule has 3 aromatic rings. The summed E-state index contributed by atoms with van der Waals surface area (Å²) in [7, 11) is 0. The smallest absolute Gasteiger partial charge is 0.240 e. The Kier molecular flexibility index (Phi) is 5.03. The average molecular weight is 414 g/mol. The molecule has 6 nitrogen and oxygen atoms in total. The van der Waals surface area contributed by atoms with Crippen molar-refractivity contribution in [3.63, 3.8) is 0 Å². The maximum Gasteiger partial charge on any atom is 0.240 e. The summed E-state index contributed by atoms with van der Waals surface area (Å²) in [6.07, 6.45) is 0. The lowest BCUT2D eigenvalue weighted by molar-refractivity contribution is -0.116. The molecule has 0 spiro atoms. The van der Waals surface area contributed by atoms with E-state index in [9.17, 15) is 4.79 Å². The van der Waals surface area contributed by atoms with Gasteiger partial charge in [0.1, 0.15) is 11.1 Å². The molecule has 2 heterocycles. The second-order valence-electron chi connectivity index (χ2n) is 6.82. The Balaban J connectivity index is 1.68. The van der Waals surface area contributed by atoms with Gasteiger partial charge in [0.15, 0.2) is 0 Å². The van der Waals surface area contributed by atoms with Crippen molar-refractivity contribution < 1.29 is 4.79 Å². The van der Waals surface area contributed by atoms with E-state index in [2.05, 4.69) is 20.9 Å². The molecule has 0 saturated heterocycles. The summed E-state index contributed by atoms with van der Waals surface area (Å²) < 4.78 is 1.84. The number of benzene rings is 2. The molecule has 0 bridgehead atoms. The Morgan fingerprint density at radius 2 is 1.89 bits per heavy atom. The Hall–Kier alpha value is -2.51. The molecule has 0 aliphatic carbocycles. The highest BCUT2D eigenvalue weighted by Crippen LogP contribution is 2.38. The van der Waals surface area contributed by atoms with Gasteiger partial charge in [-0.15, -0.1) is 10.2 Å². The fraction of sp³-hybridized carbons (Fsp3) is 0.250. The lowest BCUT2D eigenvalue weighted by Gasteiger charge is -2.33. The quantitative estimate of drug-likeness (QED) is 0.671. The second-order valence-corrected chi connectivity index (χ2v) is 8.34. The molecule has 144 valence electrons. The van der Waals surface area contributed by atoms with Crippen LogP contribution >= 0.6 is 23.4 Å². The van der Waals surface area contributed by atoms with E-state index in [1.807, 2.05) is 67.9 Å². The van der Waals surface area contributed by atoms with E-state index in [0.29, 0.717) is 15.9 Å². The van der Waals surface area contributed by atoms with Gasteiger partial charge in [-0.1, -0.05) is 59.3 Å². The van der Waals surface area contributed by atoms with E-state index in [-0.39, 0.29) is 11.9 Å². The van der Waals surface area contributed by atoms with E-state index in [0.717, 1.165) is 17.0 Å². The SMILES string of the molecule is Cc1ccc(C2Nn3c(C)nnc3SC2C(=O)Nc2cccc(Cl)c2C)cc1. The summed E-state index contributed by atoms with van der Waals surface area (Å²) in [5.41, 5.74) is 7.16. The number of anilines is 1. The van der Waals surface area contributed by atoms with Gasteiger partial charge >= 0.3 is 0 Å². The van der Waals surface area contributed by atoms with Crippen LogP contribution in [0.5, 0.6) is 0 Å². The molecule has 1 aliphatic heterocycles. The lowest BCUT2D eigenvalue weighted by Crippen LogP contribution is -2.41. The predicted molar refractivity (Wildman–Crippen MR) is 113 cm³/mol. The van der Waals surface area contributed by atoms with Gasteiger partial charge in [-0.3, -0.25) is 4.79 Å².